The van der Waals surface area contributed by atoms with E-state index in [0.29, 0.717) is 24.8 Å². The van der Waals surface area contributed by atoms with E-state index in [-0.39, 0.29) is 34.9 Å². The van der Waals surface area contributed by atoms with Crippen molar-refractivity contribution in [1.82, 2.24) is 0 Å². The highest BCUT2D eigenvalue weighted by Gasteiger charge is 2.49. The van der Waals surface area contributed by atoms with E-state index in [0.717, 1.165) is 5.57 Å². The van der Waals surface area contributed by atoms with E-state index >= 15 is 0 Å². The first kappa shape index (κ1) is 17.9. The minimum atomic E-state index is -3.59. The van der Waals surface area contributed by atoms with E-state index in [2.05, 4.69) is 0 Å². The Kier molecular flexibility index (Phi) is 4.58. The summed E-state index contributed by atoms with van der Waals surface area (Å²) in [6.07, 6.45) is 1.82. The number of benzene rings is 1. The molecule has 0 amide bonds. The van der Waals surface area contributed by atoms with Gasteiger partial charge in [-0.1, -0.05) is 30.7 Å². The van der Waals surface area contributed by atoms with Crippen molar-refractivity contribution in [3.63, 3.8) is 0 Å². The molecular weight excluding hydrogens is 340 g/mol. The maximum atomic E-state index is 12.7. The number of esters is 1. The van der Waals surface area contributed by atoms with Gasteiger partial charge in [0.05, 0.1) is 10.6 Å². The SMILES string of the molecule is CC(=O)OC1CCC2=C(CS(=O)(=O)c3ccccc3)C(=O)CCC21C. The number of fused-ring (bicyclic) bond motifs is 1. The Hall–Kier alpha value is -1.95. The lowest BCUT2D eigenvalue weighted by Crippen LogP contribution is -2.37. The van der Waals surface area contributed by atoms with Crippen LogP contribution in [0, 0.1) is 5.41 Å². The van der Waals surface area contributed by atoms with Gasteiger partial charge in [0, 0.05) is 24.3 Å². The zero-order chi connectivity index (χ0) is 18.2. The Bertz CT molecular complexity index is 838. The molecule has 0 heterocycles. The van der Waals surface area contributed by atoms with Crippen LogP contribution in [-0.2, 0) is 24.2 Å². The van der Waals surface area contributed by atoms with Gasteiger partial charge in [0.2, 0.25) is 0 Å². The minimum absolute atomic E-state index is 0.101. The number of sulfone groups is 1. The Labute approximate surface area is 148 Å². The van der Waals surface area contributed by atoms with Crippen LogP contribution < -0.4 is 0 Å². The number of hydrogen-bond donors (Lipinski definition) is 0. The third-order valence-corrected chi connectivity index (χ3v) is 7.03. The lowest BCUT2D eigenvalue weighted by Gasteiger charge is -2.36. The molecule has 0 bridgehead atoms. The molecule has 1 saturated carbocycles. The van der Waals surface area contributed by atoms with Gasteiger partial charge >= 0.3 is 5.97 Å². The number of carbonyl (C=O) groups is 2. The first-order chi connectivity index (χ1) is 11.7. The van der Waals surface area contributed by atoms with Crippen LogP contribution in [-0.4, -0.2) is 32.0 Å². The number of carbonyl (C=O) groups excluding carboxylic acids is 2. The lowest BCUT2D eigenvalue weighted by atomic mass is 9.71. The molecule has 1 fully saturated rings. The zero-order valence-corrected chi connectivity index (χ0v) is 15.3. The molecule has 5 nitrogen and oxygen atoms in total. The van der Waals surface area contributed by atoms with Crippen molar-refractivity contribution >= 4 is 21.6 Å². The molecule has 0 spiro atoms. The smallest absolute Gasteiger partial charge is 0.302 e. The van der Waals surface area contributed by atoms with Crippen LogP contribution in [0.4, 0.5) is 0 Å². The third kappa shape index (κ3) is 3.27. The molecule has 2 aliphatic carbocycles. The van der Waals surface area contributed by atoms with E-state index in [1.54, 1.807) is 30.3 Å². The number of ether oxygens (including phenoxy) is 1. The van der Waals surface area contributed by atoms with E-state index < -0.39 is 15.3 Å². The highest BCUT2D eigenvalue weighted by molar-refractivity contribution is 7.91. The van der Waals surface area contributed by atoms with E-state index in [1.807, 2.05) is 6.92 Å². The van der Waals surface area contributed by atoms with Crippen molar-refractivity contribution in [3.8, 4) is 0 Å². The van der Waals surface area contributed by atoms with Gasteiger partial charge in [0.25, 0.3) is 0 Å². The fourth-order valence-corrected chi connectivity index (χ4v) is 5.49. The predicted octanol–water partition coefficient (Wildman–Crippen LogP) is 2.85. The van der Waals surface area contributed by atoms with Crippen molar-refractivity contribution in [2.45, 2.75) is 50.5 Å². The van der Waals surface area contributed by atoms with Gasteiger partial charge in [-0.05, 0) is 31.4 Å². The largest absolute Gasteiger partial charge is 0.462 e. The van der Waals surface area contributed by atoms with Crippen LogP contribution in [0.5, 0.6) is 0 Å². The van der Waals surface area contributed by atoms with Crippen molar-refractivity contribution < 1.29 is 22.7 Å². The Morgan fingerprint density at radius 3 is 2.56 bits per heavy atom. The van der Waals surface area contributed by atoms with Crippen molar-refractivity contribution in [2.75, 3.05) is 5.75 Å². The maximum Gasteiger partial charge on any atom is 0.302 e. The molecule has 134 valence electrons. The Morgan fingerprint density at radius 1 is 1.24 bits per heavy atom. The maximum absolute atomic E-state index is 12.7. The van der Waals surface area contributed by atoms with Gasteiger partial charge in [-0.15, -0.1) is 0 Å². The number of rotatable bonds is 4. The van der Waals surface area contributed by atoms with E-state index in [1.165, 1.54) is 6.92 Å². The fraction of sp³-hybridized carbons (Fsp3) is 0.474. The summed E-state index contributed by atoms with van der Waals surface area (Å²) in [5.41, 5.74) is 0.808. The summed E-state index contributed by atoms with van der Waals surface area (Å²) in [5, 5.41) is 0. The molecule has 1 aromatic rings. The number of ketones is 1. The summed E-state index contributed by atoms with van der Waals surface area (Å²) >= 11 is 0. The van der Waals surface area contributed by atoms with Gasteiger partial charge in [-0.3, -0.25) is 9.59 Å². The monoisotopic (exact) mass is 362 g/mol. The molecular formula is C19H22O5S. The van der Waals surface area contributed by atoms with Crippen LogP contribution >= 0.6 is 0 Å². The molecule has 2 aliphatic rings. The summed E-state index contributed by atoms with van der Waals surface area (Å²) in [7, 11) is -3.59. The molecule has 25 heavy (non-hydrogen) atoms. The van der Waals surface area contributed by atoms with Crippen LogP contribution in [0.3, 0.4) is 0 Å². The van der Waals surface area contributed by atoms with Crippen molar-refractivity contribution in [3.05, 3.63) is 41.5 Å². The summed E-state index contributed by atoms with van der Waals surface area (Å²) in [6, 6.07) is 8.19. The standard InChI is InChI=1S/C19H22O5S/c1-13(20)24-18-9-8-16-15(17(21)10-11-19(16,18)2)12-25(22,23)14-6-4-3-5-7-14/h3-7,18H,8-12H2,1-2H3. The Balaban J connectivity index is 1.98. The van der Waals surface area contributed by atoms with Gasteiger partial charge in [-0.25, -0.2) is 8.42 Å². The average Bonchev–Trinajstić information content (AvgIpc) is 2.88. The average molecular weight is 362 g/mol. The molecule has 0 radical (unpaired) electrons. The van der Waals surface area contributed by atoms with Crippen LogP contribution in [0.2, 0.25) is 0 Å². The summed E-state index contributed by atoms with van der Waals surface area (Å²) in [6.45, 7) is 3.35. The predicted molar refractivity (Wildman–Crippen MR) is 92.7 cm³/mol. The first-order valence-electron chi connectivity index (χ1n) is 8.45. The minimum Gasteiger partial charge on any atom is -0.462 e. The quantitative estimate of drug-likeness (QED) is 0.770. The molecule has 3 rings (SSSR count). The topological polar surface area (TPSA) is 77.5 Å². The second-order valence-electron chi connectivity index (χ2n) is 7.01. The molecule has 0 aliphatic heterocycles. The molecule has 0 aromatic heterocycles. The van der Waals surface area contributed by atoms with Gasteiger partial charge < -0.3 is 4.74 Å². The van der Waals surface area contributed by atoms with E-state index in [9.17, 15) is 18.0 Å². The number of hydrogen-bond acceptors (Lipinski definition) is 5. The molecule has 1 aromatic carbocycles. The molecule has 0 saturated heterocycles. The lowest BCUT2D eigenvalue weighted by molar-refractivity contribution is -0.150. The summed E-state index contributed by atoms with van der Waals surface area (Å²) in [4.78, 5) is 24.1. The molecule has 2 atom stereocenters. The van der Waals surface area contributed by atoms with E-state index in [4.69, 9.17) is 4.74 Å². The molecule has 2 unspecified atom stereocenters. The number of Topliss-reactive ketones (excluding diaryl/α,β-unsaturated/α-hetero) is 1. The molecule has 6 heteroatoms. The van der Waals surface area contributed by atoms with Crippen LogP contribution in [0.15, 0.2) is 46.4 Å². The summed E-state index contributed by atoms with van der Waals surface area (Å²) < 4.78 is 30.9. The normalized spacial score (nSPS) is 26.5. The summed E-state index contributed by atoms with van der Waals surface area (Å²) in [5.74, 6) is -0.730. The van der Waals surface area contributed by atoms with Gasteiger partial charge in [-0.2, -0.15) is 0 Å². The van der Waals surface area contributed by atoms with Gasteiger partial charge in [0.15, 0.2) is 15.6 Å². The second kappa shape index (κ2) is 6.41. The van der Waals surface area contributed by atoms with Gasteiger partial charge in [0.1, 0.15) is 6.10 Å². The van der Waals surface area contributed by atoms with Crippen LogP contribution in [0.25, 0.3) is 0 Å². The first-order valence-corrected chi connectivity index (χ1v) is 10.1. The second-order valence-corrected chi connectivity index (χ2v) is 9.00. The third-order valence-electron chi connectivity index (χ3n) is 5.37. The Morgan fingerprint density at radius 2 is 1.92 bits per heavy atom. The highest BCUT2D eigenvalue weighted by atomic mass is 32.2. The van der Waals surface area contributed by atoms with Crippen molar-refractivity contribution in [2.24, 2.45) is 5.41 Å². The molecule has 0 N–H and O–H groups in total. The highest BCUT2D eigenvalue weighted by Crippen LogP contribution is 2.52. The zero-order valence-electron chi connectivity index (χ0n) is 14.4. The van der Waals surface area contributed by atoms with Crippen molar-refractivity contribution in [1.29, 1.82) is 0 Å². The fourth-order valence-electron chi connectivity index (χ4n) is 4.03. The van der Waals surface area contributed by atoms with Crippen LogP contribution in [0.1, 0.15) is 39.5 Å².